The van der Waals surface area contributed by atoms with E-state index in [0.29, 0.717) is 0 Å². The largest absolute Gasteiger partial charge is 0.456 e. The predicted molar refractivity (Wildman–Crippen MR) is 210 cm³/mol. The summed E-state index contributed by atoms with van der Waals surface area (Å²) in [6.45, 7) is 0. The van der Waals surface area contributed by atoms with Crippen LogP contribution >= 0.6 is 0 Å². The minimum Gasteiger partial charge on any atom is -0.456 e. The average Bonchev–Trinajstić information content (AvgIpc) is 3.73. The van der Waals surface area contributed by atoms with Gasteiger partial charge in [0.15, 0.2) is 0 Å². The zero-order chi connectivity index (χ0) is 33.0. The Morgan fingerprint density at radius 1 is 0.340 bits per heavy atom. The van der Waals surface area contributed by atoms with Crippen LogP contribution in [-0.2, 0) is 0 Å². The van der Waals surface area contributed by atoms with Gasteiger partial charge in [-0.15, -0.1) is 0 Å². The Morgan fingerprint density at radius 2 is 0.880 bits per heavy atom. The predicted octanol–water partition coefficient (Wildman–Crippen LogP) is 13.4. The van der Waals surface area contributed by atoms with Crippen LogP contribution in [0.25, 0.3) is 93.9 Å². The zero-order valence-corrected chi connectivity index (χ0v) is 27.3. The third-order valence-electron chi connectivity index (χ3n) is 9.99. The minimum atomic E-state index is 0.881. The molecule has 0 spiro atoms. The van der Waals surface area contributed by atoms with Crippen LogP contribution < -0.4 is 0 Å². The van der Waals surface area contributed by atoms with Gasteiger partial charge in [0.05, 0.1) is 11.0 Å². The van der Waals surface area contributed by atoms with Crippen LogP contribution in [0.1, 0.15) is 0 Å². The van der Waals surface area contributed by atoms with E-state index in [0.717, 1.165) is 49.9 Å². The van der Waals surface area contributed by atoms with Crippen LogP contribution in [0.3, 0.4) is 0 Å². The van der Waals surface area contributed by atoms with E-state index >= 15 is 0 Å². The molecule has 0 N–H and O–H groups in total. The lowest BCUT2D eigenvalue weighted by Crippen LogP contribution is -1.92. The van der Waals surface area contributed by atoms with Gasteiger partial charge < -0.3 is 8.98 Å². The van der Waals surface area contributed by atoms with Crippen molar-refractivity contribution in [2.24, 2.45) is 0 Å². The highest BCUT2D eigenvalue weighted by Gasteiger charge is 2.23. The van der Waals surface area contributed by atoms with Gasteiger partial charge in [-0.2, -0.15) is 0 Å². The number of hydrogen-bond acceptors (Lipinski definition) is 1. The van der Waals surface area contributed by atoms with E-state index in [1.54, 1.807) is 0 Å². The fraction of sp³-hybridized carbons (Fsp3) is 0. The van der Waals surface area contributed by atoms with Crippen LogP contribution in [0.2, 0.25) is 0 Å². The maximum Gasteiger partial charge on any atom is 0.136 e. The highest BCUT2D eigenvalue weighted by atomic mass is 16.3. The highest BCUT2D eigenvalue weighted by molar-refractivity contribution is 6.19. The van der Waals surface area contributed by atoms with Gasteiger partial charge in [-0.1, -0.05) is 140 Å². The Bertz CT molecular complexity index is 2830. The molecule has 0 atom stereocenters. The molecule has 234 valence electrons. The van der Waals surface area contributed by atoms with Gasteiger partial charge >= 0.3 is 0 Å². The van der Waals surface area contributed by atoms with Crippen molar-refractivity contribution in [1.29, 1.82) is 0 Å². The second kappa shape index (κ2) is 11.5. The maximum absolute atomic E-state index is 6.74. The van der Waals surface area contributed by atoms with E-state index in [-0.39, 0.29) is 0 Å². The first-order valence-corrected chi connectivity index (χ1v) is 17.1. The summed E-state index contributed by atoms with van der Waals surface area (Å²) in [5.74, 6) is 0. The Morgan fingerprint density at radius 3 is 1.58 bits per heavy atom. The maximum atomic E-state index is 6.74. The van der Waals surface area contributed by atoms with Gasteiger partial charge in [0, 0.05) is 32.8 Å². The van der Waals surface area contributed by atoms with Gasteiger partial charge in [-0.25, -0.2) is 0 Å². The summed E-state index contributed by atoms with van der Waals surface area (Å²) in [5, 5.41) is 4.73. The molecule has 0 aliphatic rings. The van der Waals surface area contributed by atoms with Crippen LogP contribution in [0.4, 0.5) is 0 Å². The van der Waals surface area contributed by atoms with E-state index in [9.17, 15) is 0 Å². The third-order valence-corrected chi connectivity index (χ3v) is 9.99. The third kappa shape index (κ3) is 4.50. The molecule has 10 rings (SSSR count). The molecule has 10 aromatic rings. The molecule has 8 aromatic carbocycles. The average molecular weight is 638 g/mol. The first kappa shape index (κ1) is 28.4. The van der Waals surface area contributed by atoms with Crippen molar-refractivity contribution in [1.82, 2.24) is 4.57 Å². The number of benzene rings is 8. The molecule has 0 aliphatic carbocycles. The molecule has 0 aliphatic heterocycles. The normalized spacial score (nSPS) is 11.6. The van der Waals surface area contributed by atoms with E-state index < -0.39 is 0 Å². The SMILES string of the molecule is c1ccc(-c2cc3oc4ccc(-c5ccc6c(c5)c5ccccc5n6-c5ccccc5)cc4c3c(-c3ccccc3)c2-c2ccccc2)cc1. The molecule has 2 heterocycles. The molecule has 2 heteroatoms. The number of para-hydroxylation sites is 2. The van der Waals surface area contributed by atoms with Gasteiger partial charge in [0.1, 0.15) is 11.2 Å². The van der Waals surface area contributed by atoms with Crippen molar-refractivity contribution in [3.8, 4) is 50.2 Å². The lowest BCUT2D eigenvalue weighted by Gasteiger charge is -2.18. The highest BCUT2D eigenvalue weighted by Crippen LogP contribution is 2.48. The number of fused-ring (bicyclic) bond motifs is 6. The first-order chi connectivity index (χ1) is 24.8. The summed E-state index contributed by atoms with van der Waals surface area (Å²) in [6.07, 6.45) is 0. The second-order valence-corrected chi connectivity index (χ2v) is 12.9. The Balaban J connectivity index is 1.25. The number of rotatable bonds is 5. The number of aromatic nitrogens is 1. The summed E-state index contributed by atoms with van der Waals surface area (Å²) in [7, 11) is 0. The molecule has 0 unspecified atom stereocenters. The molecule has 0 fully saturated rings. The molecule has 0 saturated carbocycles. The molecule has 50 heavy (non-hydrogen) atoms. The smallest absolute Gasteiger partial charge is 0.136 e. The standard InChI is InChI=1S/C48H31NO/c1-5-15-32(16-6-1)39-31-45-48(47(34-19-9-3-10-20-34)46(39)33-17-7-2-8-18-33)41-30-36(26-28-44(41)50-45)35-25-27-43-40(29-35)38-23-13-14-24-42(38)49(43)37-21-11-4-12-22-37/h1-31H. The molecular weight excluding hydrogens is 607 g/mol. The topological polar surface area (TPSA) is 18.1 Å². The number of furan rings is 1. The van der Waals surface area contributed by atoms with Crippen molar-refractivity contribution in [2.45, 2.75) is 0 Å². The van der Waals surface area contributed by atoms with Crippen molar-refractivity contribution in [3.05, 3.63) is 188 Å². The van der Waals surface area contributed by atoms with Crippen LogP contribution in [0, 0.1) is 0 Å². The summed E-state index contributed by atoms with van der Waals surface area (Å²) in [4.78, 5) is 0. The van der Waals surface area contributed by atoms with Crippen molar-refractivity contribution >= 4 is 43.7 Å². The van der Waals surface area contributed by atoms with Crippen molar-refractivity contribution in [2.75, 3.05) is 0 Å². The van der Waals surface area contributed by atoms with Crippen LogP contribution in [-0.4, -0.2) is 4.57 Å². The number of hydrogen-bond donors (Lipinski definition) is 0. The van der Waals surface area contributed by atoms with E-state index in [1.165, 1.54) is 44.1 Å². The molecule has 0 amide bonds. The quantitative estimate of drug-likeness (QED) is 0.184. The van der Waals surface area contributed by atoms with Gasteiger partial charge in [0.2, 0.25) is 0 Å². The Labute approximate surface area is 290 Å². The zero-order valence-electron chi connectivity index (χ0n) is 27.3. The fourth-order valence-electron chi connectivity index (χ4n) is 7.77. The first-order valence-electron chi connectivity index (χ1n) is 17.1. The van der Waals surface area contributed by atoms with Crippen molar-refractivity contribution < 1.29 is 4.42 Å². The molecule has 0 saturated heterocycles. The Hall–Kier alpha value is -6.64. The summed E-state index contributed by atoms with van der Waals surface area (Å²) >= 11 is 0. The monoisotopic (exact) mass is 637 g/mol. The summed E-state index contributed by atoms with van der Waals surface area (Å²) in [5.41, 5.74) is 14.7. The van der Waals surface area contributed by atoms with Gasteiger partial charge in [-0.05, 0) is 87.5 Å². The second-order valence-electron chi connectivity index (χ2n) is 12.9. The molecule has 0 radical (unpaired) electrons. The summed E-state index contributed by atoms with van der Waals surface area (Å²) < 4.78 is 9.10. The molecule has 2 aromatic heterocycles. The van der Waals surface area contributed by atoms with Gasteiger partial charge in [-0.3, -0.25) is 0 Å². The Kier molecular flexibility index (Phi) is 6.53. The van der Waals surface area contributed by atoms with Crippen LogP contribution in [0.15, 0.2) is 192 Å². The van der Waals surface area contributed by atoms with E-state index in [4.69, 9.17) is 4.42 Å². The van der Waals surface area contributed by atoms with Crippen LogP contribution in [0.5, 0.6) is 0 Å². The van der Waals surface area contributed by atoms with E-state index in [2.05, 4.69) is 193 Å². The molecule has 2 nitrogen and oxygen atoms in total. The minimum absolute atomic E-state index is 0.881. The van der Waals surface area contributed by atoms with Crippen molar-refractivity contribution in [3.63, 3.8) is 0 Å². The lowest BCUT2D eigenvalue weighted by molar-refractivity contribution is 0.669. The lowest BCUT2D eigenvalue weighted by atomic mass is 9.85. The molecular formula is C48H31NO. The fourth-order valence-corrected chi connectivity index (χ4v) is 7.77. The summed E-state index contributed by atoms with van der Waals surface area (Å²) in [6, 6.07) is 67.3. The molecule has 0 bridgehead atoms. The van der Waals surface area contributed by atoms with Gasteiger partial charge in [0.25, 0.3) is 0 Å². The van der Waals surface area contributed by atoms with E-state index in [1.807, 2.05) is 0 Å². The number of nitrogens with zero attached hydrogens (tertiary/aromatic N) is 1.